The van der Waals surface area contributed by atoms with E-state index in [4.69, 9.17) is 4.74 Å². The number of nitrogens with one attached hydrogen (secondary N) is 1. The second-order valence-corrected chi connectivity index (χ2v) is 6.93. The quantitative estimate of drug-likeness (QED) is 0.667. The Bertz CT molecular complexity index is 1060. The maximum atomic E-state index is 13.3. The maximum absolute atomic E-state index is 13.3. The van der Waals surface area contributed by atoms with Gasteiger partial charge in [-0.2, -0.15) is 0 Å². The molecule has 6 heteroatoms. The minimum Gasteiger partial charge on any atom is -0.449 e. The Balaban J connectivity index is 1.53. The molecular formula is C22H19FN2O3. The number of aromatic nitrogens is 1. The van der Waals surface area contributed by atoms with Crippen LogP contribution in [0.3, 0.4) is 0 Å². The Labute approximate surface area is 161 Å². The van der Waals surface area contributed by atoms with Crippen LogP contribution in [0.1, 0.15) is 41.7 Å². The summed E-state index contributed by atoms with van der Waals surface area (Å²) in [7, 11) is 0. The summed E-state index contributed by atoms with van der Waals surface area (Å²) in [5.74, 6) is -1.19. The number of carbonyl (C=O) groups excluding carboxylic acids is 2. The molecule has 1 fully saturated rings. The van der Waals surface area contributed by atoms with Gasteiger partial charge in [-0.3, -0.25) is 9.78 Å². The van der Waals surface area contributed by atoms with Crippen LogP contribution in [0.25, 0.3) is 10.9 Å². The lowest BCUT2D eigenvalue weighted by molar-refractivity contribution is -0.123. The maximum Gasteiger partial charge on any atom is 0.339 e. The van der Waals surface area contributed by atoms with Crippen LogP contribution >= 0.6 is 0 Å². The van der Waals surface area contributed by atoms with Crippen LogP contribution in [0.2, 0.25) is 0 Å². The number of amides is 1. The van der Waals surface area contributed by atoms with Gasteiger partial charge in [0.2, 0.25) is 0 Å². The SMILES string of the molecule is C[C@H](OC(=O)c1cc(C2CC2)nc2ccccc12)C(=O)Nc1cccc(F)c1. The average Bonchev–Trinajstić information content (AvgIpc) is 3.52. The number of fused-ring (bicyclic) bond motifs is 1. The van der Waals surface area contributed by atoms with Gasteiger partial charge in [-0.25, -0.2) is 9.18 Å². The van der Waals surface area contributed by atoms with Crippen molar-refractivity contribution < 1.29 is 18.7 Å². The number of para-hydroxylation sites is 1. The van der Waals surface area contributed by atoms with Gasteiger partial charge in [-0.1, -0.05) is 24.3 Å². The van der Waals surface area contributed by atoms with Gasteiger partial charge in [0.05, 0.1) is 11.1 Å². The minimum absolute atomic E-state index is 0.304. The molecule has 1 aliphatic rings. The van der Waals surface area contributed by atoms with Crippen molar-refractivity contribution in [3.8, 4) is 0 Å². The van der Waals surface area contributed by atoms with Gasteiger partial charge in [0, 0.05) is 22.7 Å². The molecule has 1 N–H and O–H groups in total. The Morgan fingerprint density at radius 2 is 1.93 bits per heavy atom. The van der Waals surface area contributed by atoms with Gasteiger partial charge < -0.3 is 10.1 Å². The molecule has 142 valence electrons. The highest BCUT2D eigenvalue weighted by atomic mass is 19.1. The number of hydrogen-bond acceptors (Lipinski definition) is 4. The molecule has 4 rings (SSSR count). The smallest absolute Gasteiger partial charge is 0.339 e. The largest absolute Gasteiger partial charge is 0.449 e. The Morgan fingerprint density at radius 1 is 1.14 bits per heavy atom. The van der Waals surface area contributed by atoms with Gasteiger partial charge in [0.1, 0.15) is 5.82 Å². The molecule has 5 nitrogen and oxygen atoms in total. The minimum atomic E-state index is -1.04. The zero-order valence-corrected chi connectivity index (χ0v) is 15.3. The van der Waals surface area contributed by atoms with Crippen LogP contribution in [0, 0.1) is 5.82 Å². The second kappa shape index (κ2) is 7.38. The fraction of sp³-hybridized carbons (Fsp3) is 0.227. The number of nitrogens with zero attached hydrogens (tertiary/aromatic N) is 1. The zero-order chi connectivity index (χ0) is 19.7. The van der Waals surface area contributed by atoms with E-state index in [-0.39, 0.29) is 0 Å². The number of hydrogen-bond donors (Lipinski definition) is 1. The average molecular weight is 378 g/mol. The first-order chi connectivity index (χ1) is 13.5. The molecule has 0 aliphatic heterocycles. The molecule has 0 bridgehead atoms. The first kappa shape index (κ1) is 18.1. The summed E-state index contributed by atoms with van der Waals surface area (Å²) in [4.78, 5) is 29.7. The van der Waals surface area contributed by atoms with E-state index in [0.29, 0.717) is 22.6 Å². The van der Waals surface area contributed by atoms with E-state index >= 15 is 0 Å². The van der Waals surface area contributed by atoms with Gasteiger partial charge in [0.15, 0.2) is 6.10 Å². The Kier molecular flexibility index (Phi) is 4.77. The van der Waals surface area contributed by atoms with E-state index in [0.717, 1.165) is 24.1 Å². The summed E-state index contributed by atoms with van der Waals surface area (Å²) in [5, 5.41) is 3.24. The number of benzene rings is 2. The topological polar surface area (TPSA) is 68.3 Å². The van der Waals surface area contributed by atoms with E-state index < -0.39 is 23.8 Å². The lowest BCUT2D eigenvalue weighted by Gasteiger charge is -2.15. The third kappa shape index (κ3) is 3.86. The normalized spacial score (nSPS) is 14.5. The van der Waals surface area contributed by atoms with E-state index in [9.17, 15) is 14.0 Å². The van der Waals surface area contributed by atoms with Gasteiger partial charge in [0.25, 0.3) is 5.91 Å². The molecule has 0 spiro atoms. The fourth-order valence-electron chi connectivity index (χ4n) is 3.04. The molecular weight excluding hydrogens is 359 g/mol. The van der Waals surface area contributed by atoms with Crippen molar-refractivity contribution in [2.45, 2.75) is 31.8 Å². The number of carbonyl (C=O) groups is 2. The van der Waals surface area contributed by atoms with Crippen LogP contribution in [0.4, 0.5) is 10.1 Å². The zero-order valence-electron chi connectivity index (χ0n) is 15.3. The highest BCUT2D eigenvalue weighted by molar-refractivity contribution is 6.05. The van der Waals surface area contributed by atoms with E-state index in [1.807, 2.05) is 24.3 Å². The standard InChI is InChI=1S/C22H19FN2O3/c1-13(21(26)24-16-6-4-5-15(23)11-16)28-22(27)18-12-20(14-9-10-14)25-19-8-3-2-7-17(18)19/h2-8,11-14H,9-10H2,1H3,(H,24,26)/t13-/m0/s1. The highest BCUT2D eigenvalue weighted by Gasteiger charge is 2.28. The van der Waals surface area contributed by atoms with Gasteiger partial charge in [-0.15, -0.1) is 0 Å². The van der Waals surface area contributed by atoms with E-state index in [2.05, 4.69) is 10.3 Å². The molecule has 0 unspecified atom stereocenters. The van der Waals surface area contributed by atoms with Crippen LogP contribution in [-0.4, -0.2) is 23.0 Å². The first-order valence-electron chi connectivity index (χ1n) is 9.18. The van der Waals surface area contributed by atoms with Crippen LogP contribution in [0.15, 0.2) is 54.6 Å². The Hall–Kier alpha value is -3.28. The summed E-state index contributed by atoms with van der Waals surface area (Å²) in [6.07, 6.45) is 1.09. The monoisotopic (exact) mass is 378 g/mol. The summed E-state index contributed by atoms with van der Waals surface area (Å²) in [6.45, 7) is 1.48. The molecule has 1 aliphatic carbocycles. The van der Waals surface area contributed by atoms with Crippen molar-refractivity contribution in [2.24, 2.45) is 0 Å². The number of ether oxygens (including phenoxy) is 1. The Morgan fingerprint density at radius 3 is 2.68 bits per heavy atom. The number of halogens is 1. The molecule has 28 heavy (non-hydrogen) atoms. The van der Waals surface area contributed by atoms with Crippen LogP contribution < -0.4 is 5.32 Å². The molecule has 0 saturated heterocycles. The van der Waals surface area contributed by atoms with Crippen molar-refractivity contribution in [2.75, 3.05) is 5.32 Å². The second-order valence-electron chi connectivity index (χ2n) is 6.93. The molecule has 1 atom stereocenters. The van der Waals surface area contributed by atoms with E-state index in [1.165, 1.54) is 25.1 Å². The summed E-state index contributed by atoms with van der Waals surface area (Å²) in [6, 6.07) is 14.7. The van der Waals surface area contributed by atoms with Crippen molar-refractivity contribution >= 4 is 28.5 Å². The van der Waals surface area contributed by atoms with Crippen molar-refractivity contribution in [1.82, 2.24) is 4.98 Å². The molecule has 1 amide bonds. The highest BCUT2D eigenvalue weighted by Crippen LogP contribution is 2.40. The van der Waals surface area contributed by atoms with Crippen molar-refractivity contribution in [1.29, 1.82) is 0 Å². The summed E-state index contributed by atoms with van der Waals surface area (Å²) >= 11 is 0. The summed E-state index contributed by atoms with van der Waals surface area (Å²) in [5.41, 5.74) is 2.31. The van der Waals surface area contributed by atoms with Crippen LogP contribution in [0.5, 0.6) is 0 Å². The number of esters is 1. The van der Waals surface area contributed by atoms with Crippen LogP contribution in [-0.2, 0) is 9.53 Å². The molecule has 2 aromatic carbocycles. The summed E-state index contributed by atoms with van der Waals surface area (Å²) < 4.78 is 18.7. The first-order valence-corrected chi connectivity index (χ1v) is 9.18. The van der Waals surface area contributed by atoms with Crippen molar-refractivity contribution in [3.05, 3.63) is 71.7 Å². The number of rotatable bonds is 5. The number of anilines is 1. The predicted octanol–water partition coefficient (Wildman–Crippen LogP) is 4.44. The molecule has 1 aromatic heterocycles. The predicted molar refractivity (Wildman–Crippen MR) is 104 cm³/mol. The third-order valence-corrected chi connectivity index (χ3v) is 4.70. The molecule has 0 radical (unpaired) electrons. The third-order valence-electron chi connectivity index (χ3n) is 4.70. The fourth-order valence-corrected chi connectivity index (χ4v) is 3.04. The molecule has 3 aromatic rings. The number of pyridine rings is 1. The van der Waals surface area contributed by atoms with Gasteiger partial charge >= 0.3 is 5.97 Å². The molecule has 1 saturated carbocycles. The van der Waals surface area contributed by atoms with E-state index in [1.54, 1.807) is 12.1 Å². The lowest BCUT2D eigenvalue weighted by atomic mass is 10.1. The van der Waals surface area contributed by atoms with Crippen molar-refractivity contribution in [3.63, 3.8) is 0 Å². The van der Waals surface area contributed by atoms with Gasteiger partial charge in [-0.05, 0) is 50.1 Å². The lowest BCUT2D eigenvalue weighted by Crippen LogP contribution is -2.30. The molecule has 1 heterocycles.